The molecular formula is C25H28FN3O3. The summed E-state index contributed by atoms with van der Waals surface area (Å²) in [6.45, 7) is 2.38. The summed E-state index contributed by atoms with van der Waals surface area (Å²) in [5, 5.41) is 3.25. The zero-order valence-corrected chi connectivity index (χ0v) is 18.3. The number of rotatable bonds is 4. The van der Waals surface area contributed by atoms with E-state index < -0.39 is 5.54 Å². The quantitative estimate of drug-likeness (QED) is 0.606. The molecule has 3 aromatic rings. The van der Waals surface area contributed by atoms with E-state index in [-0.39, 0.29) is 30.2 Å². The Kier molecular flexibility index (Phi) is 5.27. The van der Waals surface area contributed by atoms with Crippen LogP contribution in [0.1, 0.15) is 61.5 Å². The molecule has 1 saturated carbocycles. The molecule has 7 heteroatoms. The van der Waals surface area contributed by atoms with Crippen LogP contribution in [0.15, 0.2) is 47.1 Å². The minimum atomic E-state index is -1.09. The number of benzene rings is 1. The Labute approximate surface area is 186 Å². The van der Waals surface area contributed by atoms with Gasteiger partial charge in [-0.1, -0.05) is 37.8 Å². The lowest BCUT2D eigenvalue weighted by Crippen LogP contribution is -2.64. The van der Waals surface area contributed by atoms with Crippen LogP contribution in [0, 0.1) is 5.82 Å². The molecule has 1 atom stereocenters. The number of halogens is 1. The van der Waals surface area contributed by atoms with Crippen molar-refractivity contribution in [1.82, 2.24) is 14.8 Å². The third-order valence-corrected chi connectivity index (χ3v) is 6.98. The number of aromatic nitrogens is 1. The number of carbonyl (C=O) groups excluding carboxylic acids is 2. The maximum absolute atomic E-state index is 13.7. The monoisotopic (exact) mass is 437 g/mol. The minimum Gasteiger partial charge on any atom is -0.463 e. The lowest BCUT2D eigenvalue weighted by atomic mass is 9.93. The van der Waals surface area contributed by atoms with Gasteiger partial charge in [0.1, 0.15) is 17.1 Å². The molecule has 168 valence electrons. The summed E-state index contributed by atoms with van der Waals surface area (Å²) in [4.78, 5) is 29.0. The van der Waals surface area contributed by atoms with Crippen LogP contribution < -0.4 is 5.32 Å². The van der Waals surface area contributed by atoms with Gasteiger partial charge in [-0.3, -0.25) is 9.59 Å². The standard InChI is InChI=1S/C25H28FN3O3/c1-25(24(31)27-19-6-4-2-3-5-7-19)16-28-20-12-13-32-22(20)14-21(28)23(30)29(25)15-17-8-10-18(26)11-9-17/h8-14,19H,2-7,15-16H2,1H3,(H,27,31). The first-order chi connectivity index (χ1) is 15.5. The fourth-order valence-electron chi connectivity index (χ4n) is 5.06. The zero-order valence-electron chi connectivity index (χ0n) is 18.3. The molecule has 1 aromatic carbocycles. The Bertz CT molecular complexity index is 1140. The molecule has 1 aliphatic carbocycles. The predicted octanol–water partition coefficient (Wildman–Crippen LogP) is 4.63. The van der Waals surface area contributed by atoms with Crippen molar-refractivity contribution >= 4 is 22.9 Å². The van der Waals surface area contributed by atoms with E-state index in [1.807, 2.05) is 17.6 Å². The molecule has 1 aliphatic heterocycles. The molecule has 1 unspecified atom stereocenters. The van der Waals surface area contributed by atoms with Crippen LogP contribution in [0.3, 0.4) is 0 Å². The number of fused-ring (bicyclic) bond motifs is 3. The first kappa shape index (κ1) is 20.8. The average molecular weight is 438 g/mol. The van der Waals surface area contributed by atoms with Gasteiger partial charge in [0.05, 0.1) is 18.3 Å². The van der Waals surface area contributed by atoms with Crippen molar-refractivity contribution in [2.75, 3.05) is 0 Å². The van der Waals surface area contributed by atoms with Gasteiger partial charge in [-0.2, -0.15) is 0 Å². The summed E-state index contributed by atoms with van der Waals surface area (Å²) in [7, 11) is 0. The minimum absolute atomic E-state index is 0.129. The van der Waals surface area contributed by atoms with Crippen molar-refractivity contribution < 1.29 is 18.4 Å². The molecule has 6 nitrogen and oxygen atoms in total. The van der Waals surface area contributed by atoms with Gasteiger partial charge in [-0.15, -0.1) is 0 Å². The van der Waals surface area contributed by atoms with E-state index in [4.69, 9.17) is 4.42 Å². The molecule has 2 amide bonds. The number of furan rings is 1. The molecule has 2 aromatic heterocycles. The van der Waals surface area contributed by atoms with E-state index in [2.05, 4.69) is 5.32 Å². The fourth-order valence-corrected chi connectivity index (χ4v) is 5.06. The van der Waals surface area contributed by atoms with Crippen molar-refractivity contribution in [1.29, 1.82) is 0 Å². The Morgan fingerprint density at radius 2 is 1.88 bits per heavy atom. The highest BCUT2D eigenvalue weighted by molar-refractivity contribution is 6.02. The SMILES string of the molecule is CC1(C(=O)NC2CCCCCC2)Cn2c(cc3occc32)C(=O)N1Cc1ccc(F)cc1. The Balaban J connectivity index is 1.51. The third-order valence-electron chi connectivity index (χ3n) is 6.98. The second-order valence-electron chi connectivity index (χ2n) is 9.24. The van der Waals surface area contributed by atoms with Gasteiger partial charge in [0.2, 0.25) is 5.91 Å². The molecule has 2 aliphatic rings. The molecule has 3 heterocycles. The lowest BCUT2D eigenvalue weighted by Gasteiger charge is -2.44. The van der Waals surface area contributed by atoms with Gasteiger partial charge >= 0.3 is 0 Å². The van der Waals surface area contributed by atoms with E-state index in [9.17, 15) is 14.0 Å². The number of hydrogen-bond donors (Lipinski definition) is 1. The molecule has 0 saturated heterocycles. The summed E-state index contributed by atoms with van der Waals surface area (Å²) < 4.78 is 20.8. The zero-order chi connectivity index (χ0) is 22.3. The topological polar surface area (TPSA) is 67.5 Å². The molecule has 0 radical (unpaired) electrons. The lowest BCUT2D eigenvalue weighted by molar-refractivity contribution is -0.134. The number of carbonyl (C=O) groups is 2. The highest BCUT2D eigenvalue weighted by Gasteiger charge is 2.48. The molecule has 5 rings (SSSR count). The van der Waals surface area contributed by atoms with E-state index in [0.29, 0.717) is 17.8 Å². The average Bonchev–Trinajstić information content (AvgIpc) is 3.27. The Morgan fingerprint density at radius 3 is 2.59 bits per heavy atom. The van der Waals surface area contributed by atoms with Crippen molar-refractivity contribution in [2.45, 2.75) is 70.1 Å². The van der Waals surface area contributed by atoms with Gasteiger partial charge in [0.15, 0.2) is 5.58 Å². The van der Waals surface area contributed by atoms with Crippen molar-refractivity contribution in [2.24, 2.45) is 0 Å². The van der Waals surface area contributed by atoms with E-state index >= 15 is 0 Å². The van der Waals surface area contributed by atoms with Crippen LogP contribution in [0.4, 0.5) is 4.39 Å². The van der Waals surface area contributed by atoms with Gasteiger partial charge in [-0.25, -0.2) is 4.39 Å². The maximum Gasteiger partial charge on any atom is 0.271 e. The normalized spacial score (nSPS) is 22.1. The molecule has 0 spiro atoms. The summed E-state index contributed by atoms with van der Waals surface area (Å²) in [6, 6.07) is 9.76. The largest absolute Gasteiger partial charge is 0.463 e. The van der Waals surface area contributed by atoms with Crippen molar-refractivity contribution in [3.05, 3.63) is 59.7 Å². The number of hydrogen-bond acceptors (Lipinski definition) is 3. The van der Waals surface area contributed by atoms with E-state index in [1.54, 1.807) is 29.4 Å². The summed E-state index contributed by atoms with van der Waals surface area (Å²) >= 11 is 0. The molecule has 1 fully saturated rings. The van der Waals surface area contributed by atoms with Crippen LogP contribution >= 0.6 is 0 Å². The van der Waals surface area contributed by atoms with Gasteiger partial charge in [0.25, 0.3) is 5.91 Å². The second-order valence-corrected chi connectivity index (χ2v) is 9.24. The first-order valence-electron chi connectivity index (χ1n) is 11.4. The molecule has 1 N–H and O–H groups in total. The van der Waals surface area contributed by atoms with Crippen molar-refractivity contribution in [3.8, 4) is 0 Å². The van der Waals surface area contributed by atoms with Gasteiger partial charge in [0, 0.05) is 24.7 Å². The van der Waals surface area contributed by atoms with Crippen molar-refractivity contribution in [3.63, 3.8) is 0 Å². The van der Waals surface area contributed by atoms with Crippen LogP contribution in [-0.4, -0.2) is 32.9 Å². The highest BCUT2D eigenvalue weighted by atomic mass is 19.1. The molecular weight excluding hydrogens is 409 g/mol. The second kappa shape index (κ2) is 8.11. The van der Waals surface area contributed by atoms with Gasteiger partial charge in [-0.05, 0) is 37.5 Å². The fraction of sp³-hybridized carbons (Fsp3) is 0.440. The third kappa shape index (κ3) is 3.59. The maximum atomic E-state index is 13.7. The van der Waals surface area contributed by atoms with E-state index in [1.165, 1.54) is 25.0 Å². The first-order valence-corrected chi connectivity index (χ1v) is 11.4. The summed E-state index contributed by atoms with van der Waals surface area (Å²) in [6.07, 6.45) is 8.14. The van der Waals surface area contributed by atoms with Crippen LogP contribution in [0.2, 0.25) is 0 Å². The highest BCUT2D eigenvalue weighted by Crippen LogP contribution is 2.34. The Hall–Kier alpha value is -3.09. The predicted molar refractivity (Wildman–Crippen MR) is 119 cm³/mol. The van der Waals surface area contributed by atoms with Crippen LogP contribution in [-0.2, 0) is 17.9 Å². The number of nitrogens with one attached hydrogen (secondary N) is 1. The summed E-state index contributed by atoms with van der Waals surface area (Å²) in [5.74, 6) is -0.705. The number of nitrogens with zero attached hydrogens (tertiary/aromatic N) is 2. The van der Waals surface area contributed by atoms with Crippen LogP contribution in [0.5, 0.6) is 0 Å². The molecule has 0 bridgehead atoms. The number of amides is 2. The smallest absolute Gasteiger partial charge is 0.271 e. The van der Waals surface area contributed by atoms with Gasteiger partial charge < -0.3 is 19.2 Å². The summed E-state index contributed by atoms with van der Waals surface area (Å²) in [5.41, 5.74) is 1.62. The van der Waals surface area contributed by atoms with E-state index in [0.717, 1.165) is 36.8 Å². The van der Waals surface area contributed by atoms with Crippen LogP contribution in [0.25, 0.3) is 11.1 Å². The Morgan fingerprint density at radius 1 is 1.16 bits per heavy atom. The molecule has 32 heavy (non-hydrogen) atoms.